The van der Waals surface area contributed by atoms with E-state index in [1.165, 1.54) is 6.07 Å². The fourth-order valence-corrected chi connectivity index (χ4v) is 6.52. The van der Waals surface area contributed by atoms with Crippen LogP contribution in [0.4, 0.5) is 11.6 Å². The predicted octanol–water partition coefficient (Wildman–Crippen LogP) is 5.24. The van der Waals surface area contributed by atoms with Gasteiger partial charge in [-0.15, -0.1) is 0 Å². The predicted molar refractivity (Wildman–Crippen MR) is 147 cm³/mol. The molecule has 1 aliphatic heterocycles. The normalized spacial score (nSPS) is 24.1. The van der Waals surface area contributed by atoms with Gasteiger partial charge >= 0.3 is 0 Å². The quantitative estimate of drug-likeness (QED) is 0.530. The van der Waals surface area contributed by atoms with E-state index in [9.17, 15) is 13.2 Å². The second kappa shape index (κ2) is 10.2. The summed E-state index contributed by atoms with van der Waals surface area (Å²) in [6, 6.07) is 8.35. The number of amides is 1. The van der Waals surface area contributed by atoms with Gasteiger partial charge in [0.05, 0.1) is 5.56 Å². The van der Waals surface area contributed by atoms with Crippen LogP contribution in [-0.4, -0.2) is 42.4 Å². The van der Waals surface area contributed by atoms with Crippen molar-refractivity contribution in [2.75, 3.05) is 16.8 Å². The molecule has 37 heavy (non-hydrogen) atoms. The molecule has 2 aliphatic rings. The molecule has 1 saturated heterocycles. The first-order valence-corrected chi connectivity index (χ1v) is 14.8. The zero-order valence-electron chi connectivity index (χ0n) is 22.9. The Morgan fingerprint density at radius 2 is 1.76 bits per heavy atom. The molecule has 1 saturated carbocycles. The first-order chi connectivity index (χ1) is 17.3. The highest BCUT2D eigenvalue weighted by molar-refractivity contribution is 7.90. The fourth-order valence-electron chi connectivity index (χ4n) is 5.59. The minimum absolute atomic E-state index is 0.185. The van der Waals surface area contributed by atoms with Crippen molar-refractivity contribution < 1.29 is 13.2 Å². The molecule has 0 bridgehead atoms. The van der Waals surface area contributed by atoms with Crippen molar-refractivity contribution in [3.63, 3.8) is 0 Å². The van der Waals surface area contributed by atoms with Crippen LogP contribution in [0.15, 0.2) is 41.6 Å². The Kier molecular flexibility index (Phi) is 7.57. The molecule has 8 nitrogen and oxygen atoms in total. The molecule has 2 N–H and O–H groups in total. The zero-order chi connectivity index (χ0) is 27.0. The van der Waals surface area contributed by atoms with Crippen LogP contribution in [0.5, 0.6) is 0 Å². The number of nitrogens with zero attached hydrogens (tertiary/aromatic N) is 3. The SMILES string of the molecule is CC1CCN(c2ncccc2C(=O)NS(=O)(=O)c2cccc(NC3CCC(C(C)(C)C)CC3)n2)C1(C)C. The second-order valence-electron chi connectivity index (χ2n) is 12.2. The van der Waals surface area contributed by atoms with Gasteiger partial charge in [-0.25, -0.2) is 14.7 Å². The summed E-state index contributed by atoms with van der Waals surface area (Å²) in [7, 11) is -4.18. The largest absolute Gasteiger partial charge is 0.367 e. The summed E-state index contributed by atoms with van der Waals surface area (Å²) in [6.45, 7) is 14.0. The summed E-state index contributed by atoms with van der Waals surface area (Å²) in [4.78, 5) is 24.1. The molecule has 1 amide bonds. The van der Waals surface area contributed by atoms with Gasteiger partial charge in [0.25, 0.3) is 15.9 Å². The third kappa shape index (κ3) is 5.92. The van der Waals surface area contributed by atoms with Crippen LogP contribution >= 0.6 is 0 Å². The number of sulfonamides is 1. The van der Waals surface area contributed by atoms with Gasteiger partial charge in [-0.3, -0.25) is 4.79 Å². The number of aromatic nitrogens is 2. The molecule has 0 aromatic carbocycles. The minimum atomic E-state index is -4.18. The van der Waals surface area contributed by atoms with E-state index in [1.54, 1.807) is 30.5 Å². The molecule has 2 fully saturated rings. The maximum Gasteiger partial charge on any atom is 0.281 e. The van der Waals surface area contributed by atoms with Gasteiger partial charge in [0.15, 0.2) is 5.03 Å². The standard InChI is InChI=1S/C28H41N5O3S/c1-19-16-18-33(28(19,5)6)25-22(9-8-17-29-25)26(34)32-37(35,36)24-11-7-10-23(31-24)30-21-14-12-20(13-15-21)27(2,3)4/h7-11,17,19-21H,12-16,18H2,1-6H3,(H,30,31)(H,32,34). The molecule has 4 rings (SSSR count). The molecule has 1 atom stereocenters. The van der Waals surface area contributed by atoms with Crippen molar-refractivity contribution in [1.82, 2.24) is 14.7 Å². The first kappa shape index (κ1) is 27.4. The summed E-state index contributed by atoms with van der Waals surface area (Å²) in [6.07, 6.45) is 6.92. The maximum atomic E-state index is 13.2. The lowest BCUT2D eigenvalue weighted by atomic mass is 9.71. The van der Waals surface area contributed by atoms with E-state index in [2.05, 4.69) is 66.4 Å². The van der Waals surface area contributed by atoms with Crippen LogP contribution in [-0.2, 0) is 10.0 Å². The summed E-state index contributed by atoms with van der Waals surface area (Å²) >= 11 is 0. The number of pyridine rings is 2. The molecule has 0 radical (unpaired) electrons. The Morgan fingerprint density at radius 3 is 2.38 bits per heavy atom. The molecular formula is C28H41N5O3S. The Balaban J connectivity index is 1.47. The van der Waals surface area contributed by atoms with Crippen molar-refractivity contribution in [3.05, 3.63) is 42.1 Å². The van der Waals surface area contributed by atoms with E-state index >= 15 is 0 Å². The average Bonchev–Trinajstić information content (AvgIpc) is 3.10. The zero-order valence-corrected chi connectivity index (χ0v) is 23.7. The lowest BCUT2D eigenvalue weighted by Crippen LogP contribution is -2.43. The molecule has 9 heteroatoms. The van der Waals surface area contributed by atoms with Crippen molar-refractivity contribution >= 4 is 27.6 Å². The lowest BCUT2D eigenvalue weighted by molar-refractivity contribution is 0.0981. The van der Waals surface area contributed by atoms with Gasteiger partial charge in [0.2, 0.25) is 0 Å². The molecule has 1 unspecified atom stereocenters. The highest BCUT2D eigenvalue weighted by Gasteiger charge is 2.40. The van der Waals surface area contributed by atoms with Crippen LogP contribution in [0, 0.1) is 17.3 Å². The van der Waals surface area contributed by atoms with Gasteiger partial charge in [0.1, 0.15) is 11.6 Å². The number of anilines is 2. The highest BCUT2D eigenvalue weighted by Crippen LogP contribution is 2.39. The number of carbonyl (C=O) groups excluding carboxylic acids is 1. The van der Waals surface area contributed by atoms with Gasteiger partial charge in [-0.05, 0) is 87.5 Å². The summed E-state index contributed by atoms with van der Waals surface area (Å²) in [5.74, 6) is 1.39. The van der Waals surface area contributed by atoms with E-state index in [0.717, 1.165) is 38.6 Å². The van der Waals surface area contributed by atoms with E-state index in [-0.39, 0.29) is 22.2 Å². The molecule has 202 valence electrons. The Labute approximate surface area is 221 Å². The maximum absolute atomic E-state index is 13.2. The lowest BCUT2D eigenvalue weighted by Gasteiger charge is -2.37. The molecule has 2 aromatic heterocycles. The summed E-state index contributed by atoms with van der Waals surface area (Å²) in [5, 5.41) is 3.22. The average molecular weight is 528 g/mol. The van der Waals surface area contributed by atoms with Gasteiger partial charge in [0, 0.05) is 24.3 Å². The Hall–Kier alpha value is -2.68. The van der Waals surface area contributed by atoms with Crippen molar-refractivity contribution in [2.24, 2.45) is 17.3 Å². The Bertz CT molecular complexity index is 1230. The number of hydrogen-bond acceptors (Lipinski definition) is 7. The summed E-state index contributed by atoms with van der Waals surface area (Å²) < 4.78 is 28.6. The molecular weight excluding hydrogens is 486 g/mol. The van der Waals surface area contributed by atoms with Crippen molar-refractivity contribution in [3.8, 4) is 0 Å². The topological polar surface area (TPSA) is 104 Å². The summed E-state index contributed by atoms with van der Waals surface area (Å²) in [5.41, 5.74) is 0.334. The fraction of sp³-hybridized carbons (Fsp3) is 0.607. The van der Waals surface area contributed by atoms with Crippen molar-refractivity contribution in [2.45, 2.75) is 90.3 Å². The third-order valence-corrected chi connectivity index (χ3v) is 9.74. The molecule has 0 spiro atoms. The molecule has 1 aliphatic carbocycles. The van der Waals surface area contributed by atoms with Crippen LogP contribution in [0.1, 0.15) is 84.0 Å². The number of nitrogens with one attached hydrogen (secondary N) is 2. The van der Waals surface area contributed by atoms with Gasteiger partial charge < -0.3 is 10.2 Å². The third-order valence-electron chi connectivity index (χ3n) is 8.50. The molecule has 2 aromatic rings. The first-order valence-electron chi connectivity index (χ1n) is 13.3. The van der Waals surface area contributed by atoms with E-state index in [0.29, 0.717) is 28.9 Å². The molecule has 3 heterocycles. The number of rotatable bonds is 6. The number of carbonyl (C=O) groups is 1. The van der Waals surface area contributed by atoms with Crippen LogP contribution in [0.2, 0.25) is 0 Å². The van der Waals surface area contributed by atoms with Gasteiger partial charge in [-0.2, -0.15) is 8.42 Å². The van der Waals surface area contributed by atoms with E-state index in [1.807, 2.05) is 0 Å². The second-order valence-corrected chi connectivity index (χ2v) is 13.9. The Morgan fingerprint density at radius 1 is 1.05 bits per heavy atom. The number of hydrogen-bond donors (Lipinski definition) is 2. The highest BCUT2D eigenvalue weighted by atomic mass is 32.2. The van der Waals surface area contributed by atoms with E-state index in [4.69, 9.17) is 0 Å². The smallest absolute Gasteiger partial charge is 0.281 e. The van der Waals surface area contributed by atoms with Crippen LogP contribution in [0.3, 0.4) is 0 Å². The van der Waals surface area contributed by atoms with E-state index < -0.39 is 15.9 Å². The van der Waals surface area contributed by atoms with Crippen LogP contribution < -0.4 is 14.9 Å². The van der Waals surface area contributed by atoms with Crippen LogP contribution in [0.25, 0.3) is 0 Å². The minimum Gasteiger partial charge on any atom is -0.367 e. The van der Waals surface area contributed by atoms with Crippen molar-refractivity contribution in [1.29, 1.82) is 0 Å². The van der Waals surface area contributed by atoms with Gasteiger partial charge in [-0.1, -0.05) is 33.8 Å². The monoisotopic (exact) mass is 527 g/mol.